The molecule has 3 heterocycles. The van der Waals surface area contributed by atoms with Crippen molar-refractivity contribution in [1.29, 1.82) is 0 Å². The second-order valence-electron chi connectivity index (χ2n) is 7.71. The molecular formula is C25H23N3O4S. The fraction of sp³-hybridized carbons (Fsp3) is 0.200. The highest BCUT2D eigenvalue weighted by molar-refractivity contribution is 7.12. The molecule has 2 aromatic carbocycles. The van der Waals surface area contributed by atoms with Crippen LogP contribution in [0.2, 0.25) is 0 Å². The number of rotatable bonds is 5. The van der Waals surface area contributed by atoms with E-state index in [1.807, 2.05) is 53.9 Å². The number of fused-ring (bicyclic) bond motifs is 1. The zero-order chi connectivity index (χ0) is 22.8. The van der Waals surface area contributed by atoms with Crippen LogP contribution >= 0.6 is 11.3 Å². The molecule has 168 valence electrons. The first-order valence-electron chi connectivity index (χ1n) is 10.7. The summed E-state index contributed by atoms with van der Waals surface area (Å²) in [6.45, 7) is 2.48. The van der Waals surface area contributed by atoms with Crippen molar-refractivity contribution in [2.24, 2.45) is 0 Å². The third kappa shape index (κ3) is 4.17. The first-order valence-corrected chi connectivity index (χ1v) is 11.6. The largest absolute Gasteiger partial charge is 0.497 e. The lowest BCUT2D eigenvalue weighted by Crippen LogP contribution is -2.48. The van der Waals surface area contributed by atoms with Crippen molar-refractivity contribution in [2.45, 2.75) is 0 Å². The number of ether oxygens (including phenoxy) is 1. The molecule has 2 aromatic heterocycles. The number of carbonyl (C=O) groups excluding carboxylic acids is 2. The molecule has 33 heavy (non-hydrogen) atoms. The van der Waals surface area contributed by atoms with E-state index in [1.54, 1.807) is 24.1 Å². The first kappa shape index (κ1) is 21.1. The van der Waals surface area contributed by atoms with Crippen LogP contribution in [-0.4, -0.2) is 50.0 Å². The minimum absolute atomic E-state index is 0.163. The summed E-state index contributed by atoms with van der Waals surface area (Å²) in [5.74, 6) is 0.488. The molecule has 1 aliphatic heterocycles. The van der Waals surface area contributed by atoms with Gasteiger partial charge in [-0.15, -0.1) is 11.3 Å². The summed E-state index contributed by atoms with van der Waals surface area (Å²) in [7, 11) is 1.65. The van der Waals surface area contributed by atoms with Gasteiger partial charge in [-0.1, -0.05) is 24.3 Å². The van der Waals surface area contributed by atoms with E-state index in [1.165, 1.54) is 11.3 Å². The molecule has 0 spiro atoms. The number of amides is 2. The Balaban J connectivity index is 1.37. The summed E-state index contributed by atoms with van der Waals surface area (Å²) in [4.78, 5) is 30.8. The number of methoxy groups -OCH3 is 1. The SMILES string of the molecule is COc1cccc(N2CCN(C(=O)c3oc4ccccc4c3NC(=O)c3cccs3)CC2)c1. The first-order chi connectivity index (χ1) is 16.1. The molecule has 0 unspecified atom stereocenters. The van der Waals surface area contributed by atoms with E-state index in [9.17, 15) is 9.59 Å². The van der Waals surface area contributed by atoms with Gasteiger partial charge in [-0.2, -0.15) is 0 Å². The van der Waals surface area contributed by atoms with Crippen LogP contribution in [0.3, 0.4) is 0 Å². The van der Waals surface area contributed by atoms with Gasteiger partial charge in [0.15, 0.2) is 0 Å². The molecule has 1 saturated heterocycles. The van der Waals surface area contributed by atoms with Gasteiger partial charge in [-0.3, -0.25) is 9.59 Å². The zero-order valence-electron chi connectivity index (χ0n) is 18.1. The monoisotopic (exact) mass is 461 g/mol. The number of nitrogens with one attached hydrogen (secondary N) is 1. The molecule has 1 N–H and O–H groups in total. The second-order valence-corrected chi connectivity index (χ2v) is 8.66. The number of piperazine rings is 1. The maximum Gasteiger partial charge on any atom is 0.291 e. The predicted octanol–water partition coefficient (Wildman–Crippen LogP) is 4.72. The van der Waals surface area contributed by atoms with Crippen molar-refractivity contribution >= 4 is 45.5 Å². The average molecular weight is 462 g/mol. The highest BCUT2D eigenvalue weighted by atomic mass is 32.1. The van der Waals surface area contributed by atoms with Crippen molar-refractivity contribution in [2.75, 3.05) is 43.5 Å². The smallest absolute Gasteiger partial charge is 0.291 e. The number of thiophene rings is 1. The molecule has 0 saturated carbocycles. The Bertz CT molecular complexity index is 1290. The quantitative estimate of drug-likeness (QED) is 0.466. The van der Waals surface area contributed by atoms with Crippen LogP contribution in [0, 0.1) is 0 Å². The number of hydrogen-bond donors (Lipinski definition) is 1. The Labute approximate surface area is 195 Å². The molecule has 4 aromatic rings. The summed E-state index contributed by atoms with van der Waals surface area (Å²) >= 11 is 1.35. The van der Waals surface area contributed by atoms with E-state index in [0.717, 1.165) is 11.4 Å². The van der Waals surface area contributed by atoms with Gasteiger partial charge in [-0.05, 0) is 35.7 Å². The van der Waals surface area contributed by atoms with E-state index >= 15 is 0 Å². The van der Waals surface area contributed by atoms with Crippen molar-refractivity contribution < 1.29 is 18.7 Å². The number of benzene rings is 2. The lowest BCUT2D eigenvalue weighted by molar-refractivity contribution is 0.0718. The summed E-state index contributed by atoms with van der Waals surface area (Å²) in [6, 6.07) is 18.8. The Hall–Kier alpha value is -3.78. The van der Waals surface area contributed by atoms with Crippen LogP contribution in [0.25, 0.3) is 11.0 Å². The summed E-state index contributed by atoms with van der Waals surface area (Å²) in [5.41, 5.74) is 2.05. The predicted molar refractivity (Wildman–Crippen MR) is 130 cm³/mol. The molecule has 2 amide bonds. The lowest BCUT2D eigenvalue weighted by atomic mass is 10.2. The number of carbonyl (C=O) groups is 2. The maximum atomic E-state index is 13.4. The van der Waals surface area contributed by atoms with Crippen LogP contribution in [-0.2, 0) is 0 Å². The second kappa shape index (κ2) is 8.99. The minimum atomic E-state index is -0.256. The number of nitrogens with zero attached hydrogens (tertiary/aromatic N) is 2. The van der Waals surface area contributed by atoms with Crippen LogP contribution in [0.4, 0.5) is 11.4 Å². The summed E-state index contributed by atoms with van der Waals surface area (Å²) in [6.07, 6.45) is 0. The lowest BCUT2D eigenvalue weighted by Gasteiger charge is -2.36. The molecule has 8 heteroatoms. The molecular weight excluding hydrogens is 438 g/mol. The minimum Gasteiger partial charge on any atom is -0.497 e. The normalized spacial score (nSPS) is 13.8. The van der Waals surface area contributed by atoms with Crippen LogP contribution < -0.4 is 15.0 Å². The maximum absolute atomic E-state index is 13.4. The van der Waals surface area contributed by atoms with Gasteiger partial charge in [-0.25, -0.2) is 0 Å². The number of hydrogen-bond acceptors (Lipinski definition) is 6. The molecule has 1 fully saturated rings. The Morgan fingerprint density at radius 3 is 2.58 bits per heavy atom. The molecule has 0 aliphatic carbocycles. The molecule has 0 radical (unpaired) electrons. The standard InChI is InChI=1S/C25H23N3O4S/c1-31-18-7-4-6-17(16-18)27-11-13-28(14-12-27)25(30)23-22(19-8-2-3-9-20(19)32-23)26-24(29)21-10-5-15-33-21/h2-10,15-16H,11-14H2,1H3,(H,26,29). The zero-order valence-corrected chi connectivity index (χ0v) is 18.9. The van der Waals surface area contributed by atoms with E-state index in [4.69, 9.17) is 9.15 Å². The number of para-hydroxylation sites is 1. The van der Waals surface area contributed by atoms with Crippen molar-refractivity contribution in [3.05, 3.63) is 76.7 Å². The number of furan rings is 1. The van der Waals surface area contributed by atoms with E-state index < -0.39 is 0 Å². The van der Waals surface area contributed by atoms with Gasteiger partial charge < -0.3 is 24.3 Å². The Kier molecular flexibility index (Phi) is 5.75. The van der Waals surface area contributed by atoms with E-state index in [-0.39, 0.29) is 17.6 Å². The van der Waals surface area contributed by atoms with E-state index in [0.29, 0.717) is 47.7 Å². The van der Waals surface area contributed by atoms with Crippen LogP contribution in [0.5, 0.6) is 5.75 Å². The molecule has 1 aliphatic rings. The number of anilines is 2. The van der Waals surface area contributed by atoms with Gasteiger partial charge in [0.25, 0.3) is 11.8 Å². The molecule has 7 nitrogen and oxygen atoms in total. The topological polar surface area (TPSA) is 75.0 Å². The summed E-state index contributed by atoms with van der Waals surface area (Å²) < 4.78 is 11.3. The van der Waals surface area contributed by atoms with Crippen molar-refractivity contribution in [1.82, 2.24) is 4.90 Å². The molecule has 5 rings (SSSR count). The van der Waals surface area contributed by atoms with Crippen molar-refractivity contribution in [3.63, 3.8) is 0 Å². The highest BCUT2D eigenvalue weighted by Crippen LogP contribution is 2.33. The Morgan fingerprint density at radius 2 is 1.82 bits per heavy atom. The summed E-state index contributed by atoms with van der Waals surface area (Å²) in [5, 5.41) is 5.46. The molecule has 0 bridgehead atoms. The molecule has 0 atom stereocenters. The fourth-order valence-corrected chi connectivity index (χ4v) is 4.64. The Morgan fingerprint density at radius 1 is 1.00 bits per heavy atom. The third-order valence-electron chi connectivity index (χ3n) is 5.76. The van der Waals surface area contributed by atoms with Gasteiger partial charge in [0.05, 0.1) is 12.0 Å². The third-order valence-corrected chi connectivity index (χ3v) is 6.63. The average Bonchev–Trinajstić information content (AvgIpc) is 3.53. The van der Waals surface area contributed by atoms with Gasteiger partial charge >= 0.3 is 0 Å². The van der Waals surface area contributed by atoms with Crippen LogP contribution in [0.15, 0.2) is 70.5 Å². The van der Waals surface area contributed by atoms with Crippen molar-refractivity contribution in [3.8, 4) is 5.75 Å². The van der Waals surface area contributed by atoms with E-state index in [2.05, 4.69) is 10.2 Å². The fourth-order valence-electron chi connectivity index (χ4n) is 4.02. The van der Waals surface area contributed by atoms with Gasteiger partial charge in [0.2, 0.25) is 5.76 Å². The highest BCUT2D eigenvalue weighted by Gasteiger charge is 2.29. The van der Waals surface area contributed by atoms with Gasteiger partial charge in [0.1, 0.15) is 17.0 Å². The van der Waals surface area contributed by atoms with Crippen LogP contribution in [0.1, 0.15) is 20.2 Å². The van der Waals surface area contributed by atoms with Gasteiger partial charge in [0, 0.05) is 43.3 Å².